The zero-order chi connectivity index (χ0) is 19.8. The van der Waals surface area contributed by atoms with Crippen LogP contribution in [0.3, 0.4) is 0 Å². The number of rotatable bonds is 3. The molecule has 1 saturated heterocycles. The second kappa shape index (κ2) is 7.50. The Kier molecular flexibility index (Phi) is 5.05. The number of anilines is 1. The lowest BCUT2D eigenvalue weighted by molar-refractivity contribution is -0.140. The highest BCUT2D eigenvalue weighted by Gasteiger charge is 2.40. The normalized spacial score (nSPS) is 24.8. The molecule has 1 fully saturated rings. The Labute approximate surface area is 163 Å². The average molecular weight is 409 g/mol. The van der Waals surface area contributed by atoms with Gasteiger partial charge in [-0.25, -0.2) is 18.2 Å². The third-order valence-electron chi connectivity index (χ3n) is 4.97. The number of piperidine rings is 1. The summed E-state index contributed by atoms with van der Waals surface area (Å²) in [6, 6.07) is 2.49. The van der Waals surface area contributed by atoms with Gasteiger partial charge in [-0.1, -0.05) is 11.3 Å². The minimum atomic E-state index is -1.40. The van der Waals surface area contributed by atoms with Gasteiger partial charge in [-0.3, -0.25) is 4.79 Å². The number of aryl methyl sites for hydroxylation is 1. The fraction of sp³-hybridized carbons (Fsp3) is 0.444. The third kappa shape index (κ3) is 3.60. The van der Waals surface area contributed by atoms with Crippen LogP contribution in [0.2, 0.25) is 0 Å². The van der Waals surface area contributed by atoms with Crippen molar-refractivity contribution in [1.82, 2.24) is 15.2 Å². The van der Waals surface area contributed by atoms with Crippen LogP contribution in [0.5, 0.6) is 0 Å². The number of carbonyl (C=O) groups is 1. The molecule has 0 bridgehead atoms. The van der Waals surface area contributed by atoms with Crippen molar-refractivity contribution in [2.24, 2.45) is 11.0 Å². The summed E-state index contributed by atoms with van der Waals surface area (Å²) in [4.78, 5) is 14.7. The van der Waals surface area contributed by atoms with Crippen LogP contribution >= 0.6 is 11.3 Å². The summed E-state index contributed by atoms with van der Waals surface area (Å²) in [5.74, 6) is -2.78. The molecule has 0 N–H and O–H groups in total. The monoisotopic (exact) mass is 409 g/mol. The molecule has 0 radical (unpaired) electrons. The van der Waals surface area contributed by atoms with Gasteiger partial charge in [0.1, 0.15) is 22.8 Å². The molecular weight excluding hydrogens is 391 g/mol. The van der Waals surface area contributed by atoms with Gasteiger partial charge in [-0.2, -0.15) is 5.10 Å². The lowest BCUT2D eigenvalue weighted by atomic mass is 9.93. The van der Waals surface area contributed by atoms with Crippen molar-refractivity contribution in [3.63, 3.8) is 0 Å². The number of hydrogen-bond donors (Lipinski definition) is 0. The van der Waals surface area contributed by atoms with E-state index in [-0.39, 0.29) is 6.54 Å². The molecule has 1 amide bonds. The minimum Gasteiger partial charge on any atom is -0.344 e. The summed E-state index contributed by atoms with van der Waals surface area (Å²) in [5, 5.41) is 14.6. The van der Waals surface area contributed by atoms with Crippen LogP contribution in [0.4, 0.5) is 18.3 Å². The Balaban J connectivity index is 1.48. The largest absolute Gasteiger partial charge is 0.344 e. The van der Waals surface area contributed by atoms with Crippen molar-refractivity contribution in [2.45, 2.75) is 32.0 Å². The van der Waals surface area contributed by atoms with Crippen molar-refractivity contribution >= 4 is 28.6 Å². The lowest BCUT2D eigenvalue weighted by Gasteiger charge is -2.35. The van der Waals surface area contributed by atoms with Gasteiger partial charge in [0.2, 0.25) is 11.0 Å². The zero-order valence-corrected chi connectivity index (χ0v) is 15.9. The van der Waals surface area contributed by atoms with E-state index in [9.17, 15) is 18.0 Å². The molecule has 28 heavy (non-hydrogen) atoms. The van der Waals surface area contributed by atoms with Gasteiger partial charge in [0.05, 0.1) is 18.5 Å². The van der Waals surface area contributed by atoms with E-state index in [2.05, 4.69) is 15.3 Å². The molecule has 1 aromatic heterocycles. The Morgan fingerprint density at radius 3 is 2.61 bits per heavy atom. The molecule has 148 valence electrons. The first-order valence-corrected chi connectivity index (χ1v) is 9.74. The predicted octanol–water partition coefficient (Wildman–Crippen LogP) is 3.25. The van der Waals surface area contributed by atoms with E-state index < -0.39 is 35.7 Å². The average Bonchev–Trinajstić information content (AvgIpc) is 3.29. The summed E-state index contributed by atoms with van der Waals surface area (Å²) in [7, 11) is 0. The van der Waals surface area contributed by atoms with Crippen LogP contribution in [0.1, 0.15) is 29.5 Å². The maximum atomic E-state index is 14.8. The molecule has 2 aromatic rings. The topological polar surface area (TPSA) is 61.7 Å². The molecule has 1 aromatic carbocycles. The van der Waals surface area contributed by atoms with E-state index in [1.54, 1.807) is 4.90 Å². The van der Waals surface area contributed by atoms with Crippen LogP contribution < -0.4 is 4.90 Å². The number of halogens is 3. The number of hydrogen-bond acceptors (Lipinski definition) is 6. The van der Waals surface area contributed by atoms with Gasteiger partial charge in [0.25, 0.3) is 0 Å². The van der Waals surface area contributed by atoms with E-state index in [1.807, 2.05) is 6.92 Å². The summed E-state index contributed by atoms with van der Waals surface area (Å²) in [6.45, 7) is 2.34. The second-order valence-electron chi connectivity index (χ2n) is 6.90. The summed E-state index contributed by atoms with van der Waals surface area (Å²) >= 11 is 1.38. The van der Waals surface area contributed by atoms with E-state index in [4.69, 9.17) is 0 Å². The van der Waals surface area contributed by atoms with Crippen molar-refractivity contribution in [3.8, 4) is 0 Å². The summed E-state index contributed by atoms with van der Waals surface area (Å²) in [6.07, 6.45) is 0.743. The number of benzene rings is 1. The van der Waals surface area contributed by atoms with Gasteiger partial charge < -0.3 is 4.90 Å². The molecule has 6 nitrogen and oxygen atoms in total. The molecule has 10 heteroatoms. The standard InChI is InChI=1S/C18H18F3N5OS/c1-10-23-24-18(28-10)25-5-3-14(15(21)9-25)17(27)26-16(2-4-22-26)11-6-12(19)8-13(20)7-11/h4,6-8,14-16H,2-3,5,9H2,1H3/t14-,15+,16+/m0/s1. The van der Waals surface area contributed by atoms with Crippen molar-refractivity contribution < 1.29 is 18.0 Å². The Bertz CT molecular complexity index is 900. The molecule has 0 unspecified atom stereocenters. The first kappa shape index (κ1) is 18.9. The van der Waals surface area contributed by atoms with E-state index in [1.165, 1.54) is 29.7 Å². The van der Waals surface area contributed by atoms with Gasteiger partial charge in [0.15, 0.2) is 0 Å². The first-order valence-electron chi connectivity index (χ1n) is 8.93. The Morgan fingerprint density at radius 1 is 1.21 bits per heavy atom. The van der Waals surface area contributed by atoms with Crippen molar-refractivity contribution in [2.75, 3.05) is 18.0 Å². The van der Waals surface area contributed by atoms with Crippen molar-refractivity contribution in [1.29, 1.82) is 0 Å². The highest BCUT2D eigenvalue weighted by atomic mass is 32.1. The maximum absolute atomic E-state index is 14.8. The molecule has 3 heterocycles. The maximum Gasteiger partial charge on any atom is 0.249 e. The van der Waals surface area contributed by atoms with Gasteiger partial charge in [-0.05, 0) is 31.0 Å². The quantitative estimate of drug-likeness (QED) is 0.781. The molecule has 3 atom stereocenters. The van der Waals surface area contributed by atoms with Crippen LogP contribution in [-0.2, 0) is 4.79 Å². The molecule has 2 aliphatic heterocycles. The number of carbonyl (C=O) groups excluding carboxylic acids is 1. The Morgan fingerprint density at radius 2 is 1.96 bits per heavy atom. The highest BCUT2D eigenvalue weighted by molar-refractivity contribution is 7.15. The number of amides is 1. The van der Waals surface area contributed by atoms with E-state index in [0.29, 0.717) is 30.1 Å². The Hall–Kier alpha value is -2.49. The van der Waals surface area contributed by atoms with Crippen LogP contribution in [0.15, 0.2) is 23.3 Å². The summed E-state index contributed by atoms with van der Waals surface area (Å²) < 4.78 is 42.0. The molecular formula is C18H18F3N5OS. The van der Waals surface area contributed by atoms with Crippen LogP contribution in [0.25, 0.3) is 0 Å². The minimum absolute atomic E-state index is 0.0435. The number of hydrazone groups is 1. The van der Waals surface area contributed by atoms with Gasteiger partial charge in [0, 0.05) is 25.2 Å². The predicted molar refractivity (Wildman–Crippen MR) is 98.9 cm³/mol. The molecule has 4 rings (SSSR count). The number of nitrogens with zero attached hydrogens (tertiary/aromatic N) is 5. The highest BCUT2D eigenvalue weighted by Crippen LogP contribution is 2.34. The fourth-order valence-corrected chi connectivity index (χ4v) is 4.33. The van der Waals surface area contributed by atoms with E-state index in [0.717, 1.165) is 16.1 Å². The molecule has 2 aliphatic rings. The van der Waals surface area contributed by atoms with Crippen molar-refractivity contribution in [3.05, 3.63) is 40.4 Å². The number of alkyl halides is 1. The molecule has 0 saturated carbocycles. The lowest BCUT2D eigenvalue weighted by Crippen LogP contribution is -2.48. The van der Waals surface area contributed by atoms with Crippen LogP contribution in [-0.4, -0.2) is 46.6 Å². The molecule has 0 spiro atoms. The smallest absolute Gasteiger partial charge is 0.249 e. The number of aromatic nitrogens is 2. The fourth-order valence-electron chi connectivity index (χ4n) is 3.61. The van der Waals surface area contributed by atoms with E-state index >= 15 is 0 Å². The zero-order valence-electron chi connectivity index (χ0n) is 15.1. The second-order valence-corrected chi connectivity index (χ2v) is 8.06. The molecule has 0 aliphatic carbocycles. The summed E-state index contributed by atoms with van der Waals surface area (Å²) in [5.41, 5.74) is 0.306. The SMILES string of the molecule is Cc1nnc(N2CC[C@H](C(=O)N3N=CC[C@@H]3c3cc(F)cc(F)c3)[C@H](F)C2)s1. The van der Waals surface area contributed by atoms with Gasteiger partial charge >= 0.3 is 0 Å². The van der Waals surface area contributed by atoms with Crippen LogP contribution in [0, 0.1) is 24.5 Å². The third-order valence-corrected chi connectivity index (χ3v) is 5.87. The first-order chi connectivity index (χ1) is 13.4. The van der Waals surface area contributed by atoms with Gasteiger partial charge in [-0.15, -0.1) is 10.2 Å².